The van der Waals surface area contributed by atoms with Crippen molar-refractivity contribution in [3.63, 3.8) is 0 Å². The first kappa shape index (κ1) is 18.4. The van der Waals surface area contributed by atoms with Crippen molar-refractivity contribution < 1.29 is 9.53 Å². The molecule has 1 amide bonds. The predicted octanol–water partition coefficient (Wildman–Crippen LogP) is 1.91. The van der Waals surface area contributed by atoms with E-state index in [0.717, 1.165) is 32.8 Å². The van der Waals surface area contributed by atoms with Crippen molar-refractivity contribution in [3.05, 3.63) is 35.9 Å². The lowest BCUT2D eigenvalue weighted by molar-refractivity contribution is -0.123. The van der Waals surface area contributed by atoms with Crippen molar-refractivity contribution in [1.29, 1.82) is 0 Å². The highest BCUT2D eigenvalue weighted by Gasteiger charge is 2.34. The van der Waals surface area contributed by atoms with Gasteiger partial charge in [-0.2, -0.15) is 0 Å². The smallest absolute Gasteiger partial charge is 0.234 e. The molecule has 2 aliphatic rings. The van der Waals surface area contributed by atoms with E-state index < -0.39 is 0 Å². The number of piperazine rings is 1. The molecule has 3 rings (SSSR count). The lowest BCUT2D eigenvalue weighted by Gasteiger charge is -2.39. The van der Waals surface area contributed by atoms with Crippen molar-refractivity contribution in [2.45, 2.75) is 31.8 Å². The van der Waals surface area contributed by atoms with E-state index >= 15 is 0 Å². The Bertz CT molecular complexity index is 547. The molecular formula is C20H31N3O2. The van der Waals surface area contributed by atoms with Crippen LogP contribution in [-0.4, -0.2) is 68.2 Å². The van der Waals surface area contributed by atoms with E-state index in [1.54, 1.807) is 7.11 Å². The molecule has 0 aromatic heterocycles. The number of nitrogens with zero attached hydrogens (tertiary/aromatic N) is 2. The zero-order valence-corrected chi connectivity index (χ0v) is 15.5. The number of nitrogens with one attached hydrogen (secondary N) is 1. The summed E-state index contributed by atoms with van der Waals surface area (Å²) in [5.41, 5.74) is 1.23. The van der Waals surface area contributed by atoms with E-state index in [9.17, 15) is 4.79 Å². The maximum Gasteiger partial charge on any atom is 0.234 e. The summed E-state index contributed by atoms with van der Waals surface area (Å²) < 4.78 is 5.18. The Morgan fingerprint density at radius 3 is 2.68 bits per heavy atom. The van der Waals surface area contributed by atoms with Crippen molar-refractivity contribution >= 4 is 5.91 Å². The summed E-state index contributed by atoms with van der Waals surface area (Å²) >= 11 is 0. The third kappa shape index (κ3) is 5.27. The van der Waals surface area contributed by atoms with Crippen LogP contribution < -0.4 is 5.32 Å². The van der Waals surface area contributed by atoms with Gasteiger partial charge < -0.3 is 10.1 Å². The van der Waals surface area contributed by atoms with Gasteiger partial charge in [-0.25, -0.2) is 0 Å². The number of carbonyl (C=O) groups excluding carboxylic acids is 1. The van der Waals surface area contributed by atoms with Crippen LogP contribution in [0.25, 0.3) is 0 Å². The normalized spacial score (nSPS) is 23.4. The standard InChI is InChI=1S/C20H31N3O2/c1-16-14-22(10-11-23(16)12-13-25-2)15-19(24)21-20(18-8-9-18)17-6-4-3-5-7-17/h3-7,16,18,20H,8-15H2,1-2H3,(H,21,24)/t16-,20+/m1/s1. The van der Waals surface area contributed by atoms with Crippen molar-refractivity contribution in [3.8, 4) is 0 Å². The Labute approximate surface area is 151 Å². The van der Waals surface area contributed by atoms with E-state index in [2.05, 4.69) is 46.3 Å². The molecule has 1 heterocycles. The molecule has 0 bridgehead atoms. The molecule has 138 valence electrons. The monoisotopic (exact) mass is 345 g/mol. The largest absolute Gasteiger partial charge is 0.383 e. The van der Waals surface area contributed by atoms with Crippen LogP contribution in [0, 0.1) is 5.92 Å². The van der Waals surface area contributed by atoms with Gasteiger partial charge in [-0.1, -0.05) is 30.3 Å². The van der Waals surface area contributed by atoms with Crippen LogP contribution in [-0.2, 0) is 9.53 Å². The molecule has 25 heavy (non-hydrogen) atoms. The van der Waals surface area contributed by atoms with E-state index in [1.165, 1.54) is 18.4 Å². The molecule has 0 unspecified atom stereocenters. The van der Waals surface area contributed by atoms with Crippen LogP contribution in [0.3, 0.4) is 0 Å². The second-order valence-electron chi connectivity index (χ2n) is 7.41. The Balaban J connectivity index is 1.49. The van der Waals surface area contributed by atoms with E-state index in [-0.39, 0.29) is 11.9 Å². The molecule has 1 aromatic rings. The zero-order valence-electron chi connectivity index (χ0n) is 15.5. The molecule has 2 atom stereocenters. The lowest BCUT2D eigenvalue weighted by atomic mass is 10.0. The number of amides is 1. The minimum atomic E-state index is 0.151. The van der Waals surface area contributed by atoms with Gasteiger partial charge >= 0.3 is 0 Å². The van der Waals surface area contributed by atoms with Crippen LogP contribution in [0.15, 0.2) is 30.3 Å². The van der Waals surface area contributed by atoms with Gasteiger partial charge in [-0.3, -0.25) is 14.6 Å². The highest BCUT2D eigenvalue weighted by atomic mass is 16.5. The molecule has 1 aliphatic heterocycles. The summed E-state index contributed by atoms with van der Waals surface area (Å²) in [5.74, 6) is 0.759. The van der Waals surface area contributed by atoms with Gasteiger partial charge in [0.2, 0.25) is 5.91 Å². The summed E-state index contributed by atoms with van der Waals surface area (Å²) in [6, 6.07) is 11.0. The third-order valence-corrected chi connectivity index (χ3v) is 5.37. The lowest BCUT2D eigenvalue weighted by Crippen LogP contribution is -2.54. The molecule has 1 saturated carbocycles. The quantitative estimate of drug-likeness (QED) is 0.782. The molecule has 1 aromatic carbocycles. The SMILES string of the molecule is COCCN1CCN(CC(=O)N[C@@H](c2ccccc2)C2CC2)C[C@H]1C. The van der Waals surface area contributed by atoms with Crippen molar-refractivity contribution in [1.82, 2.24) is 15.1 Å². The molecule has 0 radical (unpaired) electrons. The molecule has 0 spiro atoms. The minimum Gasteiger partial charge on any atom is -0.383 e. The number of methoxy groups -OCH3 is 1. The Morgan fingerprint density at radius 1 is 1.28 bits per heavy atom. The Morgan fingerprint density at radius 2 is 2.04 bits per heavy atom. The zero-order chi connectivity index (χ0) is 17.6. The maximum absolute atomic E-state index is 12.6. The topological polar surface area (TPSA) is 44.8 Å². The summed E-state index contributed by atoms with van der Waals surface area (Å²) in [6.45, 7) is 7.36. The van der Waals surface area contributed by atoms with Crippen LogP contribution in [0.1, 0.15) is 31.4 Å². The van der Waals surface area contributed by atoms with E-state index in [1.807, 2.05) is 6.07 Å². The third-order valence-electron chi connectivity index (χ3n) is 5.37. The van der Waals surface area contributed by atoms with Gasteiger partial charge in [-0.15, -0.1) is 0 Å². The van der Waals surface area contributed by atoms with Crippen LogP contribution >= 0.6 is 0 Å². The second kappa shape index (κ2) is 8.79. The average Bonchev–Trinajstić information content (AvgIpc) is 3.45. The first-order chi connectivity index (χ1) is 12.2. The first-order valence-electron chi connectivity index (χ1n) is 9.47. The van der Waals surface area contributed by atoms with Crippen LogP contribution in [0.2, 0.25) is 0 Å². The molecule has 1 aliphatic carbocycles. The summed E-state index contributed by atoms with van der Waals surface area (Å²) in [5, 5.41) is 3.29. The molecule has 5 nitrogen and oxygen atoms in total. The van der Waals surface area contributed by atoms with E-state index in [4.69, 9.17) is 4.74 Å². The average molecular weight is 345 g/mol. The van der Waals surface area contributed by atoms with E-state index in [0.29, 0.717) is 18.5 Å². The maximum atomic E-state index is 12.6. The molecule has 5 heteroatoms. The number of carbonyl (C=O) groups is 1. The fourth-order valence-corrected chi connectivity index (χ4v) is 3.74. The fraction of sp³-hybridized carbons (Fsp3) is 0.650. The summed E-state index contributed by atoms with van der Waals surface area (Å²) in [7, 11) is 1.74. The molecule has 2 fully saturated rings. The predicted molar refractivity (Wildman–Crippen MR) is 99.4 cm³/mol. The highest BCUT2D eigenvalue weighted by molar-refractivity contribution is 5.78. The van der Waals surface area contributed by atoms with Crippen LogP contribution in [0.4, 0.5) is 0 Å². The van der Waals surface area contributed by atoms with Gasteiger partial charge in [-0.05, 0) is 31.2 Å². The van der Waals surface area contributed by atoms with Crippen molar-refractivity contribution in [2.24, 2.45) is 5.92 Å². The second-order valence-corrected chi connectivity index (χ2v) is 7.41. The first-order valence-corrected chi connectivity index (χ1v) is 9.47. The molecule has 1 saturated heterocycles. The van der Waals surface area contributed by atoms with Gasteiger partial charge in [0.05, 0.1) is 19.2 Å². The van der Waals surface area contributed by atoms with Gasteiger partial charge in [0.15, 0.2) is 0 Å². The minimum absolute atomic E-state index is 0.151. The number of rotatable bonds is 8. The fourth-order valence-electron chi connectivity index (χ4n) is 3.74. The van der Waals surface area contributed by atoms with Gasteiger partial charge in [0.25, 0.3) is 0 Å². The highest BCUT2D eigenvalue weighted by Crippen LogP contribution is 2.40. The summed E-state index contributed by atoms with van der Waals surface area (Å²) in [6.07, 6.45) is 2.43. The Kier molecular flexibility index (Phi) is 6.45. The number of ether oxygens (including phenoxy) is 1. The van der Waals surface area contributed by atoms with Crippen molar-refractivity contribution in [2.75, 3.05) is 46.4 Å². The number of hydrogen-bond donors (Lipinski definition) is 1. The van der Waals surface area contributed by atoms with Crippen LogP contribution in [0.5, 0.6) is 0 Å². The molecular weight excluding hydrogens is 314 g/mol. The van der Waals surface area contributed by atoms with Gasteiger partial charge in [0.1, 0.15) is 0 Å². The molecule has 1 N–H and O–H groups in total. The summed E-state index contributed by atoms with van der Waals surface area (Å²) in [4.78, 5) is 17.3. The van der Waals surface area contributed by atoms with Gasteiger partial charge in [0, 0.05) is 39.3 Å². The number of hydrogen-bond acceptors (Lipinski definition) is 4. The Hall–Kier alpha value is -1.43. The number of benzene rings is 1.